The fraction of sp³-hybridized carbons (Fsp3) is 0.467. The summed E-state index contributed by atoms with van der Waals surface area (Å²) >= 11 is 0. The molecule has 0 aromatic heterocycles. The van der Waals surface area contributed by atoms with E-state index in [9.17, 15) is 20.4 Å². The lowest BCUT2D eigenvalue weighted by Crippen LogP contribution is -2.59. The second-order valence-corrected chi connectivity index (χ2v) is 5.19. The third kappa shape index (κ3) is 2.69. The van der Waals surface area contributed by atoms with Crippen LogP contribution in [0.2, 0.25) is 0 Å². The molecule has 2 heterocycles. The van der Waals surface area contributed by atoms with Crippen molar-refractivity contribution in [3.63, 3.8) is 0 Å². The molecule has 5 atom stereocenters. The van der Waals surface area contributed by atoms with Crippen molar-refractivity contribution in [1.82, 2.24) is 0 Å². The van der Waals surface area contributed by atoms with Crippen molar-refractivity contribution in [2.24, 2.45) is 0 Å². The minimum atomic E-state index is -1.47. The monoisotopic (exact) mass is 310 g/mol. The molecule has 4 N–H and O–H groups in total. The van der Waals surface area contributed by atoms with Crippen LogP contribution in [0.25, 0.3) is 5.76 Å². The average Bonchev–Trinajstić information content (AvgIpc) is 2.55. The molecule has 0 spiro atoms. The molecule has 0 aliphatic carbocycles. The number of hydrogen-bond donors (Lipinski definition) is 4. The second-order valence-electron chi connectivity index (χ2n) is 5.19. The molecule has 7 heteroatoms. The zero-order valence-corrected chi connectivity index (χ0v) is 11.7. The summed E-state index contributed by atoms with van der Waals surface area (Å²) in [5, 5.41) is 38.7. The summed E-state index contributed by atoms with van der Waals surface area (Å²) in [7, 11) is 0. The number of aliphatic hydroxyl groups excluding tert-OH is 4. The molecule has 1 aromatic rings. The van der Waals surface area contributed by atoms with E-state index in [1.807, 2.05) is 12.1 Å². The molecule has 22 heavy (non-hydrogen) atoms. The van der Waals surface area contributed by atoms with Crippen LogP contribution in [-0.2, 0) is 9.47 Å². The average molecular weight is 310 g/mol. The van der Waals surface area contributed by atoms with Crippen molar-refractivity contribution in [2.75, 3.05) is 13.2 Å². The van der Waals surface area contributed by atoms with Gasteiger partial charge in [0.1, 0.15) is 42.5 Å². The lowest BCUT2D eigenvalue weighted by atomic mass is 9.99. The summed E-state index contributed by atoms with van der Waals surface area (Å²) in [5.74, 6) is 1.09. The van der Waals surface area contributed by atoms with Crippen molar-refractivity contribution >= 4 is 5.76 Å². The second kappa shape index (κ2) is 6.23. The predicted molar refractivity (Wildman–Crippen MR) is 74.8 cm³/mol. The van der Waals surface area contributed by atoms with Crippen molar-refractivity contribution in [3.05, 3.63) is 35.9 Å². The number of aliphatic hydroxyl groups is 4. The number of para-hydroxylation sites is 1. The van der Waals surface area contributed by atoms with E-state index in [1.54, 1.807) is 18.2 Å². The lowest BCUT2D eigenvalue weighted by Gasteiger charge is -2.40. The van der Waals surface area contributed by atoms with Gasteiger partial charge in [-0.2, -0.15) is 0 Å². The first kappa shape index (κ1) is 15.3. The number of benzene rings is 1. The fourth-order valence-electron chi connectivity index (χ4n) is 2.51. The maximum absolute atomic E-state index is 10.00. The predicted octanol–water partition coefficient (Wildman–Crippen LogP) is -0.764. The Kier molecular flexibility index (Phi) is 4.32. The zero-order chi connectivity index (χ0) is 15.7. The Morgan fingerprint density at radius 2 is 1.86 bits per heavy atom. The van der Waals surface area contributed by atoms with Gasteiger partial charge in [0.15, 0.2) is 0 Å². The van der Waals surface area contributed by atoms with Gasteiger partial charge in [-0.05, 0) is 18.2 Å². The fourth-order valence-corrected chi connectivity index (χ4v) is 2.51. The first-order chi connectivity index (χ1) is 10.6. The molecule has 1 fully saturated rings. The van der Waals surface area contributed by atoms with E-state index in [1.165, 1.54) is 0 Å². The highest BCUT2D eigenvalue weighted by Gasteiger charge is 2.45. The molecule has 0 radical (unpaired) electrons. The van der Waals surface area contributed by atoms with Crippen molar-refractivity contribution in [1.29, 1.82) is 0 Å². The third-order valence-electron chi connectivity index (χ3n) is 3.75. The minimum Gasteiger partial charge on any atom is -0.489 e. The molecule has 1 saturated heterocycles. The van der Waals surface area contributed by atoms with Crippen LogP contribution in [0.5, 0.6) is 5.75 Å². The van der Waals surface area contributed by atoms with Crippen LogP contribution < -0.4 is 4.74 Å². The number of hydrogen-bond acceptors (Lipinski definition) is 7. The van der Waals surface area contributed by atoms with Gasteiger partial charge in [0.05, 0.1) is 12.2 Å². The SMILES string of the molecule is OC[C@H]1OC(OC2=CCOc3ccccc32)[C@H](O)[C@@H](O)[C@@H]1O. The Balaban J connectivity index is 1.79. The van der Waals surface area contributed by atoms with Gasteiger partial charge in [-0.3, -0.25) is 0 Å². The number of rotatable bonds is 3. The molecule has 0 saturated carbocycles. The molecular weight excluding hydrogens is 292 g/mol. The Hall–Kier alpha value is -1.64. The highest BCUT2D eigenvalue weighted by molar-refractivity contribution is 5.67. The first-order valence-corrected chi connectivity index (χ1v) is 7.01. The van der Waals surface area contributed by atoms with E-state index in [0.29, 0.717) is 23.7 Å². The molecule has 0 amide bonds. The van der Waals surface area contributed by atoms with E-state index in [2.05, 4.69) is 0 Å². The van der Waals surface area contributed by atoms with Gasteiger partial charge >= 0.3 is 0 Å². The maximum Gasteiger partial charge on any atom is 0.229 e. The van der Waals surface area contributed by atoms with Crippen LogP contribution in [0.4, 0.5) is 0 Å². The Morgan fingerprint density at radius 3 is 2.64 bits per heavy atom. The van der Waals surface area contributed by atoms with Gasteiger partial charge in [-0.15, -0.1) is 0 Å². The van der Waals surface area contributed by atoms with Gasteiger partial charge in [0.25, 0.3) is 0 Å². The highest BCUT2D eigenvalue weighted by Crippen LogP contribution is 2.33. The molecule has 2 aliphatic heterocycles. The molecule has 1 unspecified atom stereocenters. The number of fused-ring (bicyclic) bond motifs is 1. The zero-order valence-electron chi connectivity index (χ0n) is 11.7. The topological polar surface area (TPSA) is 109 Å². The summed E-state index contributed by atoms with van der Waals surface area (Å²) in [6.45, 7) is -0.187. The summed E-state index contributed by atoms with van der Waals surface area (Å²) in [6, 6.07) is 7.23. The van der Waals surface area contributed by atoms with Crippen LogP contribution in [0.3, 0.4) is 0 Å². The lowest BCUT2D eigenvalue weighted by molar-refractivity contribution is -0.284. The number of ether oxygens (including phenoxy) is 3. The van der Waals surface area contributed by atoms with Crippen LogP contribution in [-0.4, -0.2) is 64.3 Å². The van der Waals surface area contributed by atoms with Gasteiger partial charge < -0.3 is 34.6 Å². The molecule has 7 nitrogen and oxygen atoms in total. The van der Waals surface area contributed by atoms with Crippen molar-refractivity contribution in [2.45, 2.75) is 30.7 Å². The standard InChI is InChI=1S/C15H18O7/c16-7-11-12(17)13(18)14(19)15(22-11)21-10-5-6-20-9-4-2-1-3-8(9)10/h1-5,11-19H,6-7H2/t11-,12-,13+,14-,15?/m1/s1. The highest BCUT2D eigenvalue weighted by atomic mass is 16.7. The van der Waals surface area contributed by atoms with E-state index in [-0.39, 0.29) is 0 Å². The van der Waals surface area contributed by atoms with Gasteiger partial charge in [-0.25, -0.2) is 0 Å². The van der Waals surface area contributed by atoms with E-state index in [0.717, 1.165) is 0 Å². The van der Waals surface area contributed by atoms with Gasteiger partial charge in [0.2, 0.25) is 6.29 Å². The van der Waals surface area contributed by atoms with Gasteiger partial charge in [0, 0.05) is 0 Å². The summed E-state index contributed by atoms with van der Waals surface area (Å²) in [6.07, 6.45) is -4.83. The summed E-state index contributed by atoms with van der Waals surface area (Å²) in [5.41, 5.74) is 0.700. The summed E-state index contributed by atoms with van der Waals surface area (Å²) in [4.78, 5) is 0. The van der Waals surface area contributed by atoms with Crippen LogP contribution >= 0.6 is 0 Å². The van der Waals surface area contributed by atoms with E-state index >= 15 is 0 Å². The first-order valence-electron chi connectivity index (χ1n) is 7.01. The van der Waals surface area contributed by atoms with Crippen LogP contribution in [0, 0.1) is 0 Å². The van der Waals surface area contributed by atoms with E-state index in [4.69, 9.17) is 14.2 Å². The van der Waals surface area contributed by atoms with Crippen LogP contribution in [0.15, 0.2) is 30.3 Å². The van der Waals surface area contributed by atoms with Crippen molar-refractivity contribution < 1.29 is 34.6 Å². The van der Waals surface area contributed by atoms with Crippen LogP contribution in [0.1, 0.15) is 5.56 Å². The molecule has 2 aliphatic rings. The normalized spacial score (nSPS) is 34.4. The Labute approximate surface area is 127 Å². The molecule has 120 valence electrons. The smallest absolute Gasteiger partial charge is 0.229 e. The molecular formula is C15H18O7. The van der Waals surface area contributed by atoms with Gasteiger partial charge in [-0.1, -0.05) is 12.1 Å². The van der Waals surface area contributed by atoms with E-state index < -0.39 is 37.3 Å². The minimum absolute atomic E-state index is 0.309. The molecule has 3 rings (SSSR count). The Morgan fingerprint density at radius 1 is 1.09 bits per heavy atom. The van der Waals surface area contributed by atoms with Crippen molar-refractivity contribution in [3.8, 4) is 5.75 Å². The molecule has 1 aromatic carbocycles. The molecule has 0 bridgehead atoms. The maximum atomic E-state index is 10.00. The largest absolute Gasteiger partial charge is 0.489 e. The summed E-state index contributed by atoms with van der Waals surface area (Å²) < 4.78 is 16.4. The third-order valence-corrected chi connectivity index (χ3v) is 3.75. The quantitative estimate of drug-likeness (QED) is 0.581. The Bertz CT molecular complexity index is 557.